The lowest BCUT2D eigenvalue weighted by Gasteiger charge is -2.10. The van der Waals surface area contributed by atoms with E-state index < -0.39 is 24.3 Å². The zero-order valence-electron chi connectivity index (χ0n) is 12.1. The molecule has 1 heterocycles. The van der Waals surface area contributed by atoms with E-state index in [2.05, 4.69) is 15.5 Å². The highest BCUT2D eigenvalue weighted by molar-refractivity contribution is 6.06. The average molecular weight is 312 g/mol. The highest BCUT2D eigenvalue weighted by atomic mass is 16.5. The summed E-state index contributed by atoms with van der Waals surface area (Å²) in [6, 6.07) is 8.16. The van der Waals surface area contributed by atoms with Crippen molar-refractivity contribution in [2.45, 2.75) is 6.92 Å². The van der Waals surface area contributed by atoms with Gasteiger partial charge in [-0.1, -0.05) is 12.1 Å². The van der Waals surface area contributed by atoms with Crippen molar-refractivity contribution >= 4 is 17.5 Å². The van der Waals surface area contributed by atoms with E-state index in [1.165, 1.54) is 24.0 Å². The van der Waals surface area contributed by atoms with Crippen LogP contribution in [0.5, 0.6) is 0 Å². The van der Waals surface area contributed by atoms with Crippen LogP contribution in [0.15, 0.2) is 30.6 Å². The topological polar surface area (TPSA) is 135 Å². The minimum Gasteiger partial charge on any atom is -0.454 e. The molecule has 0 aliphatic carbocycles. The Morgan fingerprint density at radius 2 is 2.17 bits per heavy atom. The molecule has 0 aliphatic rings. The van der Waals surface area contributed by atoms with Gasteiger partial charge in [0.2, 0.25) is 0 Å². The van der Waals surface area contributed by atoms with Gasteiger partial charge in [0, 0.05) is 5.71 Å². The molecule has 0 fully saturated rings. The molecule has 0 aliphatic heterocycles. The molecular formula is C14H12N6O3. The molecule has 9 nitrogen and oxygen atoms in total. The number of esters is 1. The van der Waals surface area contributed by atoms with E-state index in [9.17, 15) is 9.59 Å². The van der Waals surface area contributed by atoms with Crippen LogP contribution in [0.3, 0.4) is 0 Å². The van der Waals surface area contributed by atoms with Crippen LogP contribution in [0.4, 0.5) is 0 Å². The summed E-state index contributed by atoms with van der Waals surface area (Å²) in [4.78, 5) is 23.9. The number of aromatic nitrogens is 4. The normalized spacial score (nSPS) is 11.3. The molecule has 0 saturated heterocycles. The smallest absolute Gasteiger partial charge is 0.340 e. The first kappa shape index (κ1) is 16.0. The number of carbonyl (C=O) groups is 2. The van der Waals surface area contributed by atoms with Gasteiger partial charge >= 0.3 is 5.97 Å². The number of hydrogen-bond donors (Lipinski definition) is 1. The van der Waals surface area contributed by atoms with Crippen molar-refractivity contribution in [3.8, 4) is 11.8 Å². The highest BCUT2D eigenvalue weighted by Gasteiger charge is 2.22. The van der Waals surface area contributed by atoms with E-state index in [-0.39, 0.29) is 11.3 Å². The summed E-state index contributed by atoms with van der Waals surface area (Å²) in [5.74, 6) is -2.60. The number of hydrogen-bond acceptors (Lipinski definition) is 8. The number of nitriles is 1. The second kappa shape index (κ2) is 7.04. The van der Waals surface area contributed by atoms with Gasteiger partial charge in [-0.15, -0.1) is 5.10 Å². The zero-order chi connectivity index (χ0) is 16.8. The summed E-state index contributed by atoms with van der Waals surface area (Å²) >= 11 is 0. The number of ether oxygens (including phenoxy) is 1. The summed E-state index contributed by atoms with van der Waals surface area (Å²) in [5.41, 5.74) is 0.477. The van der Waals surface area contributed by atoms with Gasteiger partial charge in [0.05, 0.1) is 17.3 Å². The lowest BCUT2D eigenvalue weighted by atomic mass is 10.0. The molecule has 2 aromatic rings. The number of nitrogens with one attached hydrogen (secondary N) is 1. The van der Waals surface area contributed by atoms with Gasteiger partial charge in [-0.2, -0.15) is 9.94 Å². The van der Waals surface area contributed by atoms with Gasteiger partial charge in [-0.3, -0.25) is 4.79 Å². The number of benzene rings is 1. The Bertz CT molecular complexity index is 778. The Labute approximate surface area is 131 Å². The van der Waals surface area contributed by atoms with Crippen LogP contribution in [0, 0.1) is 22.7 Å². The molecular weight excluding hydrogens is 300 g/mol. The molecule has 1 unspecified atom stereocenters. The van der Waals surface area contributed by atoms with Gasteiger partial charge in [0.25, 0.3) is 0 Å². The average Bonchev–Trinajstić information content (AvgIpc) is 3.07. The van der Waals surface area contributed by atoms with E-state index in [1.54, 1.807) is 24.3 Å². The molecule has 0 spiro atoms. The van der Waals surface area contributed by atoms with Crippen LogP contribution in [0.1, 0.15) is 17.3 Å². The van der Waals surface area contributed by atoms with Crippen molar-refractivity contribution < 1.29 is 14.3 Å². The number of nitrogens with zero attached hydrogens (tertiary/aromatic N) is 5. The minimum absolute atomic E-state index is 0.0948. The van der Waals surface area contributed by atoms with E-state index in [4.69, 9.17) is 15.4 Å². The lowest BCUT2D eigenvalue weighted by molar-refractivity contribution is -0.122. The van der Waals surface area contributed by atoms with Gasteiger partial charge < -0.3 is 10.1 Å². The van der Waals surface area contributed by atoms with Crippen LogP contribution in [-0.4, -0.2) is 44.3 Å². The molecule has 0 radical (unpaired) electrons. The minimum atomic E-state index is -1.21. The first-order valence-electron chi connectivity index (χ1n) is 6.51. The maximum atomic E-state index is 12.2. The largest absolute Gasteiger partial charge is 0.454 e. The van der Waals surface area contributed by atoms with Gasteiger partial charge in [-0.05, 0) is 29.5 Å². The van der Waals surface area contributed by atoms with Gasteiger partial charge in [-0.25, -0.2) is 4.79 Å². The summed E-state index contributed by atoms with van der Waals surface area (Å²) in [7, 11) is 0. The van der Waals surface area contributed by atoms with E-state index in [1.807, 2.05) is 0 Å². The predicted molar refractivity (Wildman–Crippen MR) is 76.9 cm³/mol. The number of rotatable bonds is 6. The Hall–Kier alpha value is -3.41. The van der Waals surface area contributed by atoms with E-state index in [0.29, 0.717) is 5.69 Å². The lowest BCUT2D eigenvalue weighted by Crippen LogP contribution is -2.25. The van der Waals surface area contributed by atoms with Crippen molar-refractivity contribution in [2.75, 3.05) is 6.61 Å². The summed E-state index contributed by atoms with van der Waals surface area (Å²) in [6.45, 7) is 0.762. The Kier molecular flexibility index (Phi) is 4.89. The van der Waals surface area contributed by atoms with Crippen LogP contribution in [0.25, 0.3) is 5.69 Å². The molecule has 9 heteroatoms. The van der Waals surface area contributed by atoms with Crippen LogP contribution in [0.2, 0.25) is 0 Å². The quantitative estimate of drug-likeness (QED) is 0.608. The van der Waals surface area contributed by atoms with Gasteiger partial charge in [0.15, 0.2) is 12.4 Å². The Balaban J connectivity index is 2.12. The molecule has 0 saturated carbocycles. The summed E-state index contributed by atoms with van der Waals surface area (Å²) in [6.07, 6.45) is 1.32. The second-order valence-corrected chi connectivity index (χ2v) is 4.56. The first-order valence-corrected chi connectivity index (χ1v) is 6.51. The third kappa shape index (κ3) is 3.62. The van der Waals surface area contributed by atoms with E-state index >= 15 is 0 Å². The molecule has 2 rings (SSSR count). The van der Waals surface area contributed by atoms with Crippen LogP contribution >= 0.6 is 0 Å². The standard InChI is InChI=1S/C14H12N6O3/c1-9(16)11(6-15)13(21)7-23-14(22)10-4-2-3-5-12(10)20-8-17-18-19-20/h2-5,8,11,16H,7H2,1H3. The third-order valence-corrected chi connectivity index (χ3v) is 2.95. The SMILES string of the molecule is CC(=N)C(C#N)C(=O)COC(=O)c1ccccc1-n1cnnn1. The van der Waals surface area contributed by atoms with E-state index in [0.717, 1.165) is 0 Å². The van der Waals surface area contributed by atoms with Crippen LogP contribution in [-0.2, 0) is 9.53 Å². The second-order valence-electron chi connectivity index (χ2n) is 4.56. The Morgan fingerprint density at radius 3 is 2.78 bits per heavy atom. The van der Waals surface area contributed by atoms with Crippen molar-refractivity contribution in [2.24, 2.45) is 5.92 Å². The fourth-order valence-electron chi connectivity index (χ4n) is 1.83. The van der Waals surface area contributed by atoms with Crippen molar-refractivity contribution in [3.05, 3.63) is 36.2 Å². The summed E-state index contributed by atoms with van der Waals surface area (Å²) in [5, 5.41) is 26.9. The monoisotopic (exact) mass is 312 g/mol. The Morgan fingerprint density at radius 1 is 1.43 bits per heavy atom. The fourth-order valence-corrected chi connectivity index (χ4v) is 1.83. The molecule has 23 heavy (non-hydrogen) atoms. The molecule has 1 atom stereocenters. The molecule has 1 aromatic carbocycles. The molecule has 116 valence electrons. The predicted octanol–water partition coefficient (Wildman–Crippen LogP) is 0.568. The zero-order valence-corrected chi connectivity index (χ0v) is 12.1. The molecule has 0 amide bonds. The molecule has 1 N–H and O–H groups in total. The van der Waals surface area contributed by atoms with Gasteiger partial charge in [0.1, 0.15) is 12.2 Å². The maximum absolute atomic E-state index is 12.2. The van der Waals surface area contributed by atoms with Crippen molar-refractivity contribution in [3.63, 3.8) is 0 Å². The first-order chi connectivity index (χ1) is 11.0. The number of carbonyl (C=O) groups excluding carboxylic acids is 2. The van der Waals surface area contributed by atoms with Crippen LogP contribution < -0.4 is 0 Å². The third-order valence-electron chi connectivity index (χ3n) is 2.95. The summed E-state index contributed by atoms with van der Waals surface area (Å²) < 4.78 is 6.23. The van der Waals surface area contributed by atoms with Crippen molar-refractivity contribution in [1.29, 1.82) is 10.7 Å². The molecule has 1 aromatic heterocycles. The number of para-hydroxylation sites is 1. The number of ketones is 1. The maximum Gasteiger partial charge on any atom is 0.340 e. The fraction of sp³-hybridized carbons (Fsp3) is 0.214. The number of Topliss-reactive ketones (excluding diaryl/α,β-unsaturated/α-hetero) is 1. The molecule has 0 bridgehead atoms. The van der Waals surface area contributed by atoms with Crippen molar-refractivity contribution in [1.82, 2.24) is 20.2 Å². The highest BCUT2D eigenvalue weighted by Crippen LogP contribution is 2.14. The number of tetrazole rings is 1.